The third-order valence-corrected chi connectivity index (χ3v) is 6.05. The molecule has 0 radical (unpaired) electrons. The van der Waals surface area contributed by atoms with Gasteiger partial charge in [-0.05, 0) is 23.8 Å². The Labute approximate surface area is 222 Å². The van der Waals surface area contributed by atoms with Gasteiger partial charge in [-0.2, -0.15) is 0 Å². The number of halogens is 3. The molecule has 0 fully saturated rings. The summed E-state index contributed by atoms with van der Waals surface area (Å²) >= 11 is 12.7. The minimum Gasteiger partial charge on any atom is -0.496 e. The standard InChI is InChI=1S/C26H22Cl2FN3O5/c1-35-7-8-37-26-18(12-16(29)13-30-26)25(34)32-24-20(33)9-14-5-3-4-6-17(14)23(31-24)22-19(28)10-15(27)11-21(22)36-2/h3-6,10-13,24H,7-9H2,1-2H3,(H,32,34). The van der Waals surface area contributed by atoms with Crippen molar-refractivity contribution in [3.8, 4) is 11.6 Å². The van der Waals surface area contributed by atoms with Gasteiger partial charge in [0.1, 0.15) is 23.7 Å². The van der Waals surface area contributed by atoms with Crippen LogP contribution in [0, 0.1) is 5.82 Å². The van der Waals surface area contributed by atoms with Gasteiger partial charge in [-0.15, -0.1) is 0 Å². The van der Waals surface area contributed by atoms with Gasteiger partial charge in [0.2, 0.25) is 5.88 Å². The minimum atomic E-state index is -1.32. The highest BCUT2D eigenvalue weighted by Crippen LogP contribution is 2.35. The Balaban J connectivity index is 1.77. The van der Waals surface area contributed by atoms with Crippen LogP contribution in [0.5, 0.6) is 11.6 Å². The van der Waals surface area contributed by atoms with E-state index < -0.39 is 17.9 Å². The van der Waals surface area contributed by atoms with Crippen LogP contribution in [0.15, 0.2) is 53.7 Å². The van der Waals surface area contributed by atoms with E-state index in [1.165, 1.54) is 20.3 Å². The van der Waals surface area contributed by atoms with Crippen molar-refractivity contribution < 1.29 is 28.2 Å². The molecular formula is C26H22Cl2FN3O5. The van der Waals surface area contributed by atoms with E-state index in [1.807, 2.05) is 0 Å². The average molecular weight is 546 g/mol. The molecule has 1 unspecified atom stereocenters. The van der Waals surface area contributed by atoms with Crippen LogP contribution in [0.1, 0.15) is 27.0 Å². The highest BCUT2D eigenvalue weighted by molar-refractivity contribution is 6.38. The lowest BCUT2D eigenvalue weighted by molar-refractivity contribution is -0.120. The van der Waals surface area contributed by atoms with Gasteiger partial charge in [0.05, 0.1) is 36.2 Å². The van der Waals surface area contributed by atoms with Gasteiger partial charge in [-0.3, -0.25) is 14.6 Å². The number of ether oxygens (including phenoxy) is 3. The number of fused-ring (bicyclic) bond motifs is 1. The number of hydrogen-bond donors (Lipinski definition) is 1. The summed E-state index contributed by atoms with van der Waals surface area (Å²) in [6.07, 6.45) is -0.404. The predicted molar refractivity (Wildman–Crippen MR) is 137 cm³/mol. The Bertz CT molecular complexity index is 1380. The first-order valence-electron chi connectivity index (χ1n) is 11.1. The highest BCUT2D eigenvalue weighted by Gasteiger charge is 2.30. The maximum atomic E-state index is 14.0. The van der Waals surface area contributed by atoms with E-state index in [0.717, 1.165) is 12.3 Å². The summed E-state index contributed by atoms with van der Waals surface area (Å²) in [5.74, 6) is -1.68. The number of amides is 1. The van der Waals surface area contributed by atoms with Crippen LogP contribution < -0.4 is 14.8 Å². The van der Waals surface area contributed by atoms with Gasteiger partial charge in [0.15, 0.2) is 11.9 Å². The van der Waals surface area contributed by atoms with Crippen molar-refractivity contribution in [2.45, 2.75) is 12.6 Å². The van der Waals surface area contributed by atoms with E-state index >= 15 is 0 Å². The molecule has 0 aliphatic carbocycles. The van der Waals surface area contributed by atoms with Crippen LogP contribution in [-0.4, -0.2) is 56.0 Å². The number of rotatable bonds is 8. The fraction of sp³-hybridized carbons (Fsp3) is 0.231. The topological polar surface area (TPSA) is 99.1 Å². The lowest BCUT2D eigenvalue weighted by atomic mass is 9.95. The van der Waals surface area contributed by atoms with Crippen molar-refractivity contribution in [1.82, 2.24) is 10.3 Å². The van der Waals surface area contributed by atoms with E-state index in [4.69, 9.17) is 37.4 Å². The van der Waals surface area contributed by atoms with Crippen LogP contribution in [0.2, 0.25) is 10.0 Å². The van der Waals surface area contributed by atoms with Crippen molar-refractivity contribution in [2.75, 3.05) is 27.4 Å². The first kappa shape index (κ1) is 26.5. The number of Topliss-reactive ketones (excluding diaryl/α,β-unsaturated/α-hetero) is 1. The van der Waals surface area contributed by atoms with E-state index in [-0.39, 0.29) is 41.9 Å². The third kappa shape index (κ3) is 5.90. The summed E-state index contributed by atoms with van der Waals surface area (Å²) in [5.41, 5.74) is 1.88. The number of ketones is 1. The Morgan fingerprint density at radius 1 is 1.16 bits per heavy atom. The summed E-state index contributed by atoms with van der Waals surface area (Å²) in [7, 11) is 2.95. The van der Waals surface area contributed by atoms with Crippen LogP contribution in [0.25, 0.3) is 0 Å². The number of carbonyl (C=O) groups is 2. The molecule has 1 amide bonds. The summed E-state index contributed by atoms with van der Waals surface area (Å²) < 4.78 is 29.9. The SMILES string of the molecule is COCCOc1ncc(F)cc1C(=O)NC1N=C(c2c(Cl)cc(Cl)cc2OC)c2ccccc2CC1=O. The molecule has 4 rings (SSSR count). The van der Waals surface area contributed by atoms with Gasteiger partial charge >= 0.3 is 0 Å². The zero-order valence-electron chi connectivity index (χ0n) is 19.9. The highest BCUT2D eigenvalue weighted by atomic mass is 35.5. The monoisotopic (exact) mass is 545 g/mol. The second kappa shape index (κ2) is 11.7. The molecule has 2 heterocycles. The Morgan fingerprint density at radius 3 is 2.70 bits per heavy atom. The van der Waals surface area contributed by atoms with Gasteiger partial charge < -0.3 is 19.5 Å². The second-order valence-electron chi connectivity index (χ2n) is 7.97. The molecule has 37 heavy (non-hydrogen) atoms. The van der Waals surface area contributed by atoms with Crippen molar-refractivity contribution in [2.24, 2.45) is 4.99 Å². The predicted octanol–water partition coefficient (Wildman–Crippen LogP) is 4.28. The van der Waals surface area contributed by atoms with E-state index in [0.29, 0.717) is 33.2 Å². The largest absolute Gasteiger partial charge is 0.496 e. The zero-order valence-corrected chi connectivity index (χ0v) is 21.4. The van der Waals surface area contributed by atoms with Crippen molar-refractivity contribution in [1.29, 1.82) is 0 Å². The summed E-state index contributed by atoms with van der Waals surface area (Å²) in [5, 5.41) is 3.19. The van der Waals surface area contributed by atoms with Crippen molar-refractivity contribution in [3.05, 3.63) is 86.8 Å². The number of carbonyl (C=O) groups excluding carboxylic acids is 2. The molecule has 0 saturated heterocycles. The zero-order chi connectivity index (χ0) is 26.5. The van der Waals surface area contributed by atoms with Gasteiger partial charge in [-0.25, -0.2) is 9.37 Å². The number of methoxy groups -OCH3 is 2. The fourth-order valence-electron chi connectivity index (χ4n) is 3.84. The van der Waals surface area contributed by atoms with Gasteiger partial charge in [0, 0.05) is 24.1 Å². The maximum absolute atomic E-state index is 14.0. The number of aliphatic imine (C=N–C) groups is 1. The first-order chi connectivity index (χ1) is 17.8. The molecule has 192 valence electrons. The molecule has 0 spiro atoms. The number of hydrogen-bond acceptors (Lipinski definition) is 7. The van der Waals surface area contributed by atoms with Gasteiger partial charge in [0.25, 0.3) is 5.91 Å². The van der Waals surface area contributed by atoms with Crippen molar-refractivity contribution >= 4 is 40.6 Å². The first-order valence-corrected chi connectivity index (χ1v) is 11.9. The Hall–Kier alpha value is -3.53. The molecule has 3 aromatic rings. The second-order valence-corrected chi connectivity index (χ2v) is 8.81. The fourth-order valence-corrected chi connectivity index (χ4v) is 4.41. The molecule has 1 aliphatic heterocycles. The molecular weight excluding hydrogens is 524 g/mol. The summed E-state index contributed by atoms with van der Waals surface area (Å²) in [6.45, 7) is 0.321. The average Bonchev–Trinajstić information content (AvgIpc) is 3.00. The quantitative estimate of drug-likeness (QED) is 0.424. The lowest BCUT2D eigenvalue weighted by Crippen LogP contribution is -2.40. The van der Waals surface area contributed by atoms with Crippen LogP contribution in [0.4, 0.5) is 4.39 Å². The molecule has 11 heteroatoms. The molecule has 0 saturated carbocycles. The van der Waals surface area contributed by atoms with Crippen LogP contribution >= 0.6 is 23.2 Å². The Morgan fingerprint density at radius 2 is 1.95 bits per heavy atom. The molecule has 1 N–H and O–H groups in total. The molecule has 8 nitrogen and oxygen atoms in total. The number of benzene rings is 2. The van der Waals surface area contributed by atoms with Gasteiger partial charge in [-0.1, -0.05) is 47.5 Å². The molecule has 0 bridgehead atoms. The lowest BCUT2D eigenvalue weighted by Gasteiger charge is -2.17. The summed E-state index contributed by atoms with van der Waals surface area (Å²) in [4.78, 5) is 34.9. The van der Waals surface area contributed by atoms with Crippen molar-refractivity contribution in [3.63, 3.8) is 0 Å². The normalized spacial score (nSPS) is 14.9. The van der Waals surface area contributed by atoms with E-state index in [9.17, 15) is 14.0 Å². The number of pyridine rings is 1. The summed E-state index contributed by atoms with van der Waals surface area (Å²) in [6, 6.07) is 11.3. The number of aromatic nitrogens is 1. The van der Waals surface area contributed by atoms with E-state index in [2.05, 4.69) is 15.3 Å². The molecule has 1 atom stereocenters. The molecule has 2 aromatic carbocycles. The minimum absolute atomic E-state index is 0.0136. The maximum Gasteiger partial charge on any atom is 0.258 e. The Kier molecular flexibility index (Phi) is 8.38. The number of nitrogens with one attached hydrogen (secondary N) is 1. The molecule has 1 aromatic heterocycles. The van der Waals surface area contributed by atoms with Crippen LogP contribution in [0.3, 0.4) is 0 Å². The smallest absolute Gasteiger partial charge is 0.258 e. The van der Waals surface area contributed by atoms with Crippen LogP contribution in [-0.2, 0) is 16.0 Å². The van der Waals surface area contributed by atoms with E-state index in [1.54, 1.807) is 30.3 Å². The third-order valence-electron chi connectivity index (χ3n) is 5.53. The number of nitrogens with zero attached hydrogens (tertiary/aromatic N) is 2. The molecule has 1 aliphatic rings.